The third-order valence-electron chi connectivity index (χ3n) is 10.1. The molecule has 3 atom stereocenters. The van der Waals surface area contributed by atoms with E-state index >= 15 is 8.78 Å². The molecule has 1 fully saturated rings. The maximum atomic E-state index is 15.6. The van der Waals surface area contributed by atoms with Crippen molar-refractivity contribution in [1.82, 2.24) is 34.8 Å². The molecule has 0 radical (unpaired) electrons. The quantitative estimate of drug-likeness (QED) is 0.127. The van der Waals surface area contributed by atoms with Crippen molar-refractivity contribution in [3.05, 3.63) is 82.3 Å². The van der Waals surface area contributed by atoms with Gasteiger partial charge in [0.15, 0.2) is 22.3 Å². The van der Waals surface area contributed by atoms with Crippen molar-refractivity contribution in [2.75, 3.05) is 23.3 Å². The molecule has 4 aromatic heterocycles. The molecule has 2 aliphatic carbocycles. The second-order valence-electron chi connectivity index (χ2n) is 13.8. The summed E-state index contributed by atoms with van der Waals surface area (Å²) in [5.41, 5.74) is -1.50. The number of carbonyl (C=O) groups is 1. The van der Waals surface area contributed by atoms with E-state index in [1.165, 1.54) is 16.0 Å². The molecule has 3 N–H and O–H groups in total. The molecule has 0 saturated heterocycles. The molecule has 4 heterocycles. The number of nitrogens with one attached hydrogen (secondary N) is 3. The second kappa shape index (κ2) is 13.1. The third-order valence-corrected chi connectivity index (χ3v) is 11.6. The Hall–Kier alpha value is -5.31. The molecule has 0 aliphatic heterocycles. The van der Waals surface area contributed by atoms with E-state index in [0.29, 0.717) is 42.6 Å². The predicted octanol–water partition coefficient (Wildman–Crippen LogP) is 6.85. The first kappa shape index (κ1) is 37.6. The molecule has 0 bridgehead atoms. The van der Waals surface area contributed by atoms with Gasteiger partial charge in [-0.05, 0) is 55.0 Å². The van der Waals surface area contributed by atoms with Crippen molar-refractivity contribution < 1.29 is 43.9 Å². The van der Waals surface area contributed by atoms with Crippen LogP contribution >= 0.6 is 11.3 Å². The van der Waals surface area contributed by atoms with E-state index in [4.69, 9.17) is 4.98 Å². The van der Waals surface area contributed by atoms with Crippen molar-refractivity contribution in [1.29, 1.82) is 0 Å². The van der Waals surface area contributed by atoms with E-state index in [1.54, 1.807) is 38.4 Å². The number of nitrogens with zero attached hydrogens (tertiary/aromatic N) is 6. The van der Waals surface area contributed by atoms with Crippen LogP contribution in [-0.2, 0) is 46.9 Å². The van der Waals surface area contributed by atoms with Gasteiger partial charge < -0.3 is 10.6 Å². The minimum absolute atomic E-state index is 0.0140. The Morgan fingerprint density at radius 1 is 1.05 bits per heavy atom. The van der Waals surface area contributed by atoms with Crippen LogP contribution in [0.1, 0.15) is 53.0 Å². The van der Waals surface area contributed by atoms with Crippen LogP contribution in [0.3, 0.4) is 0 Å². The number of fused-ring (bicyclic) bond motifs is 5. The maximum Gasteiger partial charge on any atom is 0.435 e. The number of halogens is 7. The summed E-state index contributed by atoms with van der Waals surface area (Å²) in [6.45, 7) is -1.04. The second-order valence-corrected chi connectivity index (χ2v) is 16.6. The van der Waals surface area contributed by atoms with Crippen LogP contribution in [-0.4, -0.2) is 57.2 Å². The summed E-state index contributed by atoms with van der Waals surface area (Å²) >= 11 is 1.23. The molecule has 8 rings (SSSR count). The summed E-state index contributed by atoms with van der Waals surface area (Å²) in [5, 5.41) is 14.3. The summed E-state index contributed by atoms with van der Waals surface area (Å²) in [6, 6.07) is 8.05. The number of alkyl halides is 5. The van der Waals surface area contributed by atoms with Gasteiger partial charge in [-0.25, -0.2) is 27.2 Å². The number of amides is 1. The number of thiazole rings is 1. The summed E-state index contributed by atoms with van der Waals surface area (Å²) < 4.78 is 132. The first-order chi connectivity index (χ1) is 26.3. The number of aromatic nitrogens is 6. The fourth-order valence-corrected chi connectivity index (χ4v) is 9.09. The largest absolute Gasteiger partial charge is 0.435 e. The zero-order chi connectivity index (χ0) is 40.1. The smallest absolute Gasteiger partial charge is 0.365 e. The minimum atomic E-state index is -5.06. The van der Waals surface area contributed by atoms with Gasteiger partial charge in [0, 0.05) is 48.2 Å². The Balaban J connectivity index is 1.28. The minimum Gasteiger partial charge on any atom is -0.365 e. The highest BCUT2D eigenvalue weighted by Crippen LogP contribution is 2.64. The van der Waals surface area contributed by atoms with Crippen LogP contribution in [0, 0.1) is 17.6 Å². The molecular weight excluding hydrogens is 792 g/mol. The predicted molar refractivity (Wildman–Crippen MR) is 193 cm³/mol. The van der Waals surface area contributed by atoms with Crippen LogP contribution in [0.5, 0.6) is 0 Å². The SMILES string of the molecule is CNc1nc2nc([C@H](Cc3cc(F)cc(F)c3)NC(=O)Cn3nc(C(F)(F)F)c4c3C(F)(F)[C@@H]3CC[C@H]43)c(-c3cccc4c(NS(C)(=O)=O)nn(C)c34)cc2s1. The number of hydrogen-bond donors (Lipinski definition) is 3. The number of hydrogen-bond acceptors (Lipinski definition) is 9. The van der Waals surface area contributed by atoms with Crippen LogP contribution in [0.15, 0.2) is 42.5 Å². The van der Waals surface area contributed by atoms with Gasteiger partial charge in [-0.1, -0.05) is 23.5 Å². The molecule has 21 heteroatoms. The Kier molecular flexibility index (Phi) is 8.82. The van der Waals surface area contributed by atoms with Crippen LogP contribution in [0.4, 0.5) is 41.7 Å². The number of sulfonamides is 1. The standard InChI is InChI=1S/C35H30F7N9O3S2/c1-43-33-46-32-24(55-33)13-21(18-5-4-6-20-28(18)50(2)48-31(20)49-56(3,53)54)27(45-32)23(11-15-9-16(36)12-17(37)10-15)44-25(52)14-51-30-26(29(47-51)35(40,41)42)19-7-8-22(19)34(30,38)39/h4-6,9-10,12-13,19,22-23H,7-8,11,14H2,1-3H3,(H,44,52)(H,48,49)(H,43,45,46)/t19-,22+,23-/m0/s1. The number of rotatable bonds is 10. The van der Waals surface area contributed by atoms with Crippen molar-refractivity contribution in [3.63, 3.8) is 0 Å². The zero-order valence-corrected chi connectivity index (χ0v) is 31.1. The van der Waals surface area contributed by atoms with Crippen molar-refractivity contribution in [2.45, 2.75) is 49.9 Å². The monoisotopic (exact) mass is 821 g/mol. The molecule has 2 aromatic carbocycles. The maximum absolute atomic E-state index is 15.6. The lowest BCUT2D eigenvalue weighted by Gasteiger charge is -2.34. The highest BCUT2D eigenvalue weighted by molar-refractivity contribution is 7.92. The van der Waals surface area contributed by atoms with Gasteiger partial charge >= 0.3 is 6.18 Å². The Morgan fingerprint density at radius 2 is 1.79 bits per heavy atom. The molecule has 294 valence electrons. The Morgan fingerprint density at radius 3 is 2.43 bits per heavy atom. The first-order valence-corrected chi connectivity index (χ1v) is 19.8. The van der Waals surface area contributed by atoms with E-state index in [0.717, 1.165) is 18.4 Å². The number of benzene rings is 2. The van der Waals surface area contributed by atoms with E-state index in [2.05, 4.69) is 30.5 Å². The fraction of sp³-hybridized carbons (Fsp3) is 0.343. The number of carbonyl (C=O) groups excluding carboxylic acids is 1. The number of para-hydroxylation sites is 1. The van der Waals surface area contributed by atoms with E-state index in [1.807, 2.05) is 0 Å². The topological polar surface area (TPSA) is 149 Å². The summed E-state index contributed by atoms with van der Waals surface area (Å²) in [5.74, 6) is -8.94. The van der Waals surface area contributed by atoms with Gasteiger partial charge in [-0.3, -0.25) is 18.9 Å². The lowest BCUT2D eigenvalue weighted by molar-refractivity contribution is -0.144. The number of anilines is 2. The van der Waals surface area contributed by atoms with Gasteiger partial charge in [0.1, 0.15) is 23.9 Å². The average molecular weight is 822 g/mol. The molecule has 56 heavy (non-hydrogen) atoms. The van der Waals surface area contributed by atoms with E-state index < -0.39 is 81.0 Å². The Bertz CT molecular complexity index is 2670. The van der Waals surface area contributed by atoms with Crippen LogP contribution < -0.4 is 15.4 Å². The van der Waals surface area contributed by atoms with Crippen molar-refractivity contribution in [2.24, 2.45) is 13.0 Å². The normalized spacial score (nSPS) is 18.1. The number of aryl methyl sites for hydroxylation is 1. The van der Waals surface area contributed by atoms with Crippen molar-refractivity contribution >= 4 is 59.5 Å². The fourth-order valence-electron chi connectivity index (χ4n) is 7.79. The molecule has 2 aliphatic rings. The van der Waals surface area contributed by atoms with Gasteiger partial charge in [0.2, 0.25) is 15.9 Å². The molecule has 1 amide bonds. The molecule has 0 unspecified atom stereocenters. The van der Waals surface area contributed by atoms with Gasteiger partial charge in [-0.15, -0.1) is 0 Å². The third kappa shape index (κ3) is 6.48. The van der Waals surface area contributed by atoms with Gasteiger partial charge in [0.25, 0.3) is 5.92 Å². The lowest BCUT2D eigenvalue weighted by Crippen LogP contribution is -2.36. The van der Waals surface area contributed by atoms with Crippen LogP contribution in [0.2, 0.25) is 0 Å². The Labute approximate surface area is 317 Å². The van der Waals surface area contributed by atoms with Crippen LogP contribution in [0.25, 0.3) is 32.4 Å². The van der Waals surface area contributed by atoms with E-state index in [9.17, 15) is 35.2 Å². The molecular formula is C35H30F7N9O3S2. The summed E-state index contributed by atoms with van der Waals surface area (Å²) in [6.07, 6.45) is -4.29. The summed E-state index contributed by atoms with van der Waals surface area (Å²) in [7, 11) is -0.550. The molecule has 12 nitrogen and oxygen atoms in total. The molecule has 6 aromatic rings. The average Bonchev–Trinajstić information content (AvgIpc) is 3.77. The summed E-state index contributed by atoms with van der Waals surface area (Å²) in [4.78, 5) is 23.2. The highest BCUT2D eigenvalue weighted by Gasteiger charge is 2.63. The van der Waals surface area contributed by atoms with Gasteiger partial charge in [0.05, 0.1) is 28.2 Å². The zero-order valence-electron chi connectivity index (χ0n) is 29.5. The van der Waals surface area contributed by atoms with Gasteiger partial charge in [-0.2, -0.15) is 32.1 Å². The van der Waals surface area contributed by atoms with E-state index in [-0.39, 0.29) is 42.0 Å². The molecule has 0 spiro atoms. The lowest BCUT2D eigenvalue weighted by atomic mass is 9.73. The van der Waals surface area contributed by atoms with Crippen molar-refractivity contribution in [3.8, 4) is 11.1 Å². The highest BCUT2D eigenvalue weighted by atomic mass is 32.2. The number of pyridine rings is 1. The molecule has 1 saturated carbocycles. The first-order valence-electron chi connectivity index (χ1n) is 17.1.